The molecular formula is C15H20N2O2S. The van der Waals surface area contributed by atoms with Gasteiger partial charge in [0.05, 0.1) is 5.69 Å². The molecular weight excluding hydrogens is 272 g/mol. The van der Waals surface area contributed by atoms with Gasteiger partial charge in [-0.25, -0.2) is 0 Å². The fraction of sp³-hybridized carbons (Fsp3) is 0.400. The van der Waals surface area contributed by atoms with Crippen LogP contribution in [0.15, 0.2) is 39.8 Å². The monoisotopic (exact) mass is 292 g/mol. The molecule has 4 nitrogen and oxygen atoms in total. The van der Waals surface area contributed by atoms with Crippen molar-refractivity contribution in [1.82, 2.24) is 10.3 Å². The lowest BCUT2D eigenvalue weighted by Crippen LogP contribution is -2.19. The molecule has 0 unspecified atom stereocenters. The maximum absolute atomic E-state index is 5.57. The largest absolute Gasteiger partial charge is 0.417 e. The Hall–Kier alpha value is -1.46. The first-order chi connectivity index (χ1) is 9.67. The van der Waals surface area contributed by atoms with Crippen LogP contribution in [0, 0.1) is 5.92 Å². The first-order valence-corrected chi connectivity index (χ1v) is 7.87. The second-order valence-electron chi connectivity index (χ2n) is 4.91. The molecule has 2 rings (SSSR count). The Kier molecular flexibility index (Phi) is 5.49. The number of nitrogens with zero attached hydrogens (tertiary/aromatic N) is 1. The number of aromatic nitrogens is 1. The minimum absolute atomic E-state index is 0.281. The quantitative estimate of drug-likeness (QED) is 0.783. The average molecular weight is 292 g/mol. The van der Waals surface area contributed by atoms with Gasteiger partial charge in [-0.2, -0.15) is 4.98 Å². The van der Waals surface area contributed by atoms with E-state index in [0.717, 1.165) is 18.0 Å². The molecule has 1 aromatic carbocycles. The zero-order valence-electron chi connectivity index (χ0n) is 12.1. The summed E-state index contributed by atoms with van der Waals surface area (Å²) in [7, 11) is 0. The van der Waals surface area contributed by atoms with E-state index in [1.807, 2.05) is 30.5 Å². The van der Waals surface area contributed by atoms with Gasteiger partial charge in [-0.05, 0) is 43.0 Å². The highest BCUT2D eigenvalue weighted by atomic mass is 32.2. The predicted molar refractivity (Wildman–Crippen MR) is 81.3 cm³/mol. The summed E-state index contributed by atoms with van der Waals surface area (Å²) in [5.41, 5.74) is 0.849. The van der Waals surface area contributed by atoms with Gasteiger partial charge in [0.15, 0.2) is 0 Å². The molecule has 5 heteroatoms. The van der Waals surface area contributed by atoms with E-state index in [0.29, 0.717) is 12.5 Å². The summed E-state index contributed by atoms with van der Waals surface area (Å²) in [6.45, 7) is 5.99. The van der Waals surface area contributed by atoms with Gasteiger partial charge in [0.1, 0.15) is 12.0 Å². The number of ether oxygens (including phenoxy) is 1. The molecule has 0 aliphatic rings. The molecule has 0 saturated heterocycles. The molecule has 0 bridgehead atoms. The second-order valence-corrected chi connectivity index (χ2v) is 5.79. The lowest BCUT2D eigenvalue weighted by molar-refractivity contribution is 0.330. The third kappa shape index (κ3) is 4.58. The van der Waals surface area contributed by atoms with Crippen molar-refractivity contribution in [1.29, 1.82) is 0 Å². The third-order valence-corrected chi connectivity index (χ3v) is 3.40. The highest BCUT2D eigenvalue weighted by Gasteiger charge is 2.06. The molecule has 0 atom stereocenters. The number of oxazole rings is 1. The second kappa shape index (κ2) is 7.36. The fourth-order valence-electron chi connectivity index (χ4n) is 1.65. The highest BCUT2D eigenvalue weighted by Crippen LogP contribution is 2.23. The van der Waals surface area contributed by atoms with Gasteiger partial charge in [-0.1, -0.05) is 13.8 Å². The van der Waals surface area contributed by atoms with Crippen molar-refractivity contribution in [2.45, 2.75) is 25.3 Å². The molecule has 108 valence electrons. The van der Waals surface area contributed by atoms with Crippen LogP contribution in [0.3, 0.4) is 0 Å². The first kappa shape index (κ1) is 14.9. The van der Waals surface area contributed by atoms with E-state index in [1.54, 1.807) is 18.0 Å². The van der Waals surface area contributed by atoms with Crippen LogP contribution >= 0.6 is 11.8 Å². The summed E-state index contributed by atoms with van der Waals surface area (Å²) < 4.78 is 10.9. The van der Waals surface area contributed by atoms with Crippen LogP contribution in [0.2, 0.25) is 0 Å². The van der Waals surface area contributed by atoms with Crippen molar-refractivity contribution in [2.24, 2.45) is 5.92 Å². The Morgan fingerprint density at radius 3 is 2.70 bits per heavy atom. The summed E-state index contributed by atoms with van der Waals surface area (Å²) in [5, 5.41) is 3.31. The van der Waals surface area contributed by atoms with E-state index in [9.17, 15) is 0 Å². The first-order valence-electron chi connectivity index (χ1n) is 6.64. The molecule has 1 heterocycles. The number of nitrogens with one attached hydrogen (secondary N) is 1. The lowest BCUT2D eigenvalue weighted by Gasteiger charge is -2.04. The molecule has 0 spiro atoms. The SMILES string of the molecule is CSc1ccc(Oc2nc(CNCC(C)C)co2)cc1. The van der Waals surface area contributed by atoms with Gasteiger partial charge in [-0.3, -0.25) is 0 Å². The number of benzene rings is 1. The molecule has 0 aliphatic heterocycles. The van der Waals surface area contributed by atoms with Gasteiger partial charge in [0.25, 0.3) is 0 Å². The number of hydrogen-bond donors (Lipinski definition) is 1. The summed E-state index contributed by atoms with van der Waals surface area (Å²) in [4.78, 5) is 5.49. The fourth-order valence-corrected chi connectivity index (χ4v) is 2.06. The molecule has 1 N–H and O–H groups in total. The average Bonchev–Trinajstić information content (AvgIpc) is 2.87. The summed E-state index contributed by atoms with van der Waals surface area (Å²) in [6, 6.07) is 7.83. The van der Waals surface area contributed by atoms with Crippen LogP contribution in [0.1, 0.15) is 19.5 Å². The van der Waals surface area contributed by atoms with Crippen molar-refractivity contribution in [3.05, 3.63) is 36.2 Å². The standard InChI is InChI=1S/C15H20N2O2S/c1-11(2)8-16-9-12-10-18-15(17-12)19-13-4-6-14(20-3)7-5-13/h4-7,10-11,16H,8-9H2,1-3H3. The van der Waals surface area contributed by atoms with Crippen molar-refractivity contribution < 1.29 is 9.15 Å². The molecule has 0 amide bonds. The van der Waals surface area contributed by atoms with Crippen LogP contribution in [-0.2, 0) is 6.54 Å². The van der Waals surface area contributed by atoms with Crippen LogP contribution in [-0.4, -0.2) is 17.8 Å². The number of hydrogen-bond acceptors (Lipinski definition) is 5. The number of thioether (sulfide) groups is 1. The lowest BCUT2D eigenvalue weighted by atomic mass is 10.2. The molecule has 20 heavy (non-hydrogen) atoms. The van der Waals surface area contributed by atoms with E-state index < -0.39 is 0 Å². The van der Waals surface area contributed by atoms with E-state index >= 15 is 0 Å². The van der Waals surface area contributed by atoms with Crippen LogP contribution in [0.5, 0.6) is 11.8 Å². The minimum atomic E-state index is 0.281. The smallest absolute Gasteiger partial charge is 0.399 e. The Balaban J connectivity index is 1.88. The van der Waals surface area contributed by atoms with Gasteiger partial charge in [0.2, 0.25) is 0 Å². The highest BCUT2D eigenvalue weighted by molar-refractivity contribution is 7.98. The molecule has 0 radical (unpaired) electrons. The third-order valence-electron chi connectivity index (χ3n) is 2.65. The van der Waals surface area contributed by atoms with Crippen molar-refractivity contribution in [3.63, 3.8) is 0 Å². The Bertz CT molecular complexity index is 523. The molecule has 0 fully saturated rings. The zero-order chi connectivity index (χ0) is 14.4. The Morgan fingerprint density at radius 1 is 1.30 bits per heavy atom. The topological polar surface area (TPSA) is 47.3 Å². The normalized spacial score (nSPS) is 11.0. The molecule has 2 aromatic rings. The molecule has 0 aliphatic carbocycles. The van der Waals surface area contributed by atoms with Crippen molar-refractivity contribution >= 4 is 11.8 Å². The zero-order valence-corrected chi connectivity index (χ0v) is 12.9. The summed E-state index contributed by atoms with van der Waals surface area (Å²) in [5.74, 6) is 1.35. The summed E-state index contributed by atoms with van der Waals surface area (Å²) in [6.07, 6.45) is 3.95. The van der Waals surface area contributed by atoms with Crippen LogP contribution in [0.25, 0.3) is 0 Å². The molecule has 0 saturated carbocycles. The predicted octanol–water partition coefficient (Wildman–Crippen LogP) is 3.93. The molecule has 1 aromatic heterocycles. The van der Waals surface area contributed by atoms with Gasteiger partial charge in [0, 0.05) is 11.4 Å². The summed E-state index contributed by atoms with van der Waals surface area (Å²) >= 11 is 1.70. The van der Waals surface area contributed by atoms with Gasteiger partial charge >= 0.3 is 6.08 Å². The van der Waals surface area contributed by atoms with Crippen LogP contribution in [0.4, 0.5) is 0 Å². The van der Waals surface area contributed by atoms with Crippen molar-refractivity contribution in [3.8, 4) is 11.8 Å². The maximum Gasteiger partial charge on any atom is 0.399 e. The number of rotatable bonds is 7. The Labute approximate surface area is 123 Å². The van der Waals surface area contributed by atoms with Gasteiger partial charge < -0.3 is 14.5 Å². The maximum atomic E-state index is 5.57. The van der Waals surface area contributed by atoms with E-state index in [4.69, 9.17) is 9.15 Å². The van der Waals surface area contributed by atoms with Crippen LogP contribution < -0.4 is 10.1 Å². The van der Waals surface area contributed by atoms with E-state index in [-0.39, 0.29) is 6.08 Å². The Morgan fingerprint density at radius 2 is 2.05 bits per heavy atom. The van der Waals surface area contributed by atoms with Gasteiger partial charge in [-0.15, -0.1) is 11.8 Å². The minimum Gasteiger partial charge on any atom is -0.417 e. The van der Waals surface area contributed by atoms with E-state index in [2.05, 4.69) is 24.1 Å². The van der Waals surface area contributed by atoms with Crippen molar-refractivity contribution in [2.75, 3.05) is 12.8 Å². The van der Waals surface area contributed by atoms with E-state index in [1.165, 1.54) is 4.90 Å².